The van der Waals surface area contributed by atoms with Crippen molar-refractivity contribution in [1.29, 1.82) is 0 Å². The predicted octanol–water partition coefficient (Wildman–Crippen LogP) is 3.60. The van der Waals surface area contributed by atoms with E-state index >= 15 is 0 Å². The lowest BCUT2D eigenvalue weighted by atomic mass is 10.2. The maximum Gasteiger partial charge on any atom is 0.303 e. The largest absolute Gasteiger partial charge is 0.481 e. The van der Waals surface area contributed by atoms with Gasteiger partial charge in [-0.1, -0.05) is 31.9 Å². The van der Waals surface area contributed by atoms with Crippen LogP contribution in [-0.2, 0) is 15.6 Å². The van der Waals surface area contributed by atoms with Crippen LogP contribution >= 0.6 is 0 Å². The van der Waals surface area contributed by atoms with Crippen molar-refractivity contribution in [3.8, 4) is 0 Å². The Bertz CT molecular complexity index is 282. The van der Waals surface area contributed by atoms with Gasteiger partial charge >= 0.3 is 5.97 Å². The number of allylic oxidation sites excluding steroid dienone is 2. The van der Waals surface area contributed by atoms with Gasteiger partial charge in [0.1, 0.15) is 0 Å². The molecule has 0 radical (unpaired) electrons. The van der Waals surface area contributed by atoms with Crippen molar-refractivity contribution in [2.75, 3.05) is 0 Å². The minimum atomic E-state index is -1.05. The van der Waals surface area contributed by atoms with E-state index in [4.69, 9.17) is 5.11 Å². The normalized spacial score (nSPS) is 13.5. The van der Waals surface area contributed by atoms with Gasteiger partial charge in [-0.15, -0.1) is 0 Å². The average Bonchev–Trinajstić information content (AvgIpc) is 2.28. The highest BCUT2D eigenvalue weighted by molar-refractivity contribution is 7.90. The van der Waals surface area contributed by atoms with Crippen LogP contribution in [0.2, 0.25) is 0 Å². The zero-order valence-electron chi connectivity index (χ0n) is 10.4. The highest BCUT2D eigenvalue weighted by Gasteiger charge is 1.93. The lowest BCUT2D eigenvalue weighted by Gasteiger charge is -1.92. The maximum atomic E-state index is 11.4. The zero-order chi connectivity index (χ0) is 12.9. The summed E-state index contributed by atoms with van der Waals surface area (Å²) in [4.78, 5) is 10.2. The molecule has 4 heteroatoms. The zero-order valence-corrected chi connectivity index (χ0v) is 11.2. The molecule has 0 aromatic heterocycles. The number of hydrogen-bond donors (Lipinski definition) is 1. The summed E-state index contributed by atoms with van der Waals surface area (Å²) in [7, 11) is -1.05. The van der Waals surface area contributed by atoms with Gasteiger partial charge in [-0.25, -0.2) is 0 Å². The van der Waals surface area contributed by atoms with Crippen LogP contribution in [0, 0.1) is 0 Å². The first-order valence-corrected chi connectivity index (χ1v) is 7.39. The Morgan fingerprint density at radius 1 is 1.12 bits per heavy atom. The standard InChI is InChI=1S/C13H22O3S/c1-2-3-4-5-8-11-17(16)12-9-6-7-10-13(14)15/h8-9,11-12H,2-7,10H2,1H3,(H,14,15). The second-order valence-corrected chi connectivity index (χ2v) is 5.06. The first-order chi connectivity index (χ1) is 8.16. The summed E-state index contributed by atoms with van der Waals surface area (Å²) < 4.78 is 11.4. The summed E-state index contributed by atoms with van der Waals surface area (Å²) in [6, 6.07) is 0. The molecule has 0 aliphatic carbocycles. The van der Waals surface area contributed by atoms with Gasteiger partial charge in [-0.3, -0.25) is 9.00 Å². The Balaban J connectivity index is 3.56. The highest BCUT2D eigenvalue weighted by atomic mass is 32.2. The number of carboxylic acids is 1. The van der Waals surface area contributed by atoms with Gasteiger partial charge < -0.3 is 5.11 Å². The fourth-order valence-corrected chi connectivity index (χ4v) is 2.00. The van der Waals surface area contributed by atoms with Gasteiger partial charge in [0.05, 0.1) is 10.8 Å². The van der Waals surface area contributed by atoms with E-state index in [2.05, 4.69) is 6.92 Å². The third kappa shape index (κ3) is 13.0. The van der Waals surface area contributed by atoms with Crippen molar-refractivity contribution in [3.05, 3.63) is 23.0 Å². The van der Waals surface area contributed by atoms with E-state index in [1.54, 1.807) is 16.9 Å². The third-order valence-electron chi connectivity index (χ3n) is 2.20. The average molecular weight is 258 g/mol. The van der Waals surface area contributed by atoms with Crippen LogP contribution < -0.4 is 0 Å². The molecule has 0 spiro atoms. The molecular weight excluding hydrogens is 236 g/mol. The van der Waals surface area contributed by atoms with Crippen LogP contribution in [-0.4, -0.2) is 15.3 Å². The molecule has 1 unspecified atom stereocenters. The molecule has 0 amide bonds. The molecule has 1 N–H and O–H groups in total. The van der Waals surface area contributed by atoms with E-state index in [-0.39, 0.29) is 6.42 Å². The Hall–Kier alpha value is -0.900. The molecule has 0 fully saturated rings. The molecule has 0 aromatic carbocycles. The topological polar surface area (TPSA) is 54.4 Å². The van der Waals surface area contributed by atoms with Gasteiger partial charge in [-0.05, 0) is 25.7 Å². The van der Waals surface area contributed by atoms with Gasteiger partial charge in [0.2, 0.25) is 0 Å². The van der Waals surface area contributed by atoms with Crippen molar-refractivity contribution >= 4 is 16.8 Å². The van der Waals surface area contributed by atoms with Crippen molar-refractivity contribution in [2.24, 2.45) is 0 Å². The molecule has 0 saturated heterocycles. The molecule has 0 aliphatic heterocycles. The van der Waals surface area contributed by atoms with Crippen LogP contribution in [0.25, 0.3) is 0 Å². The van der Waals surface area contributed by atoms with Gasteiger partial charge in [-0.2, -0.15) is 0 Å². The predicted molar refractivity (Wildman–Crippen MR) is 72.1 cm³/mol. The molecule has 98 valence electrons. The van der Waals surface area contributed by atoms with E-state index < -0.39 is 16.8 Å². The van der Waals surface area contributed by atoms with Gasteiger partial charge in [0, 0.05) is 17.2 Å². The highest BCUT2D eigenvalue weighted by Crippen LogP contribution is 2.02. The Morgan fingerprint density at radius 3 is 2.24 bits per heavy atom. The fraction of sp³-hybridized carbons (Fsp3) is 0.615. The van der Waals surface area contributed by atoms with Crippen LogP contribution in [0.5, 0.6) is 0 Å². The summed E-state index contributed by atoms with van der Waals surface area (Å²) in [5.74, 6) is -0.782. The Labute approximate surface area is 106 Å². The minimum absolute atomic E-state index is 0.170. The molecular formula is C13H22O3S. The summed E-state index contributed by atoms with van der Waals surface area (Å²) in [6.45, 7) is 2.15. The van der Waals surface area contributed by atoms with Crippen LogP contribution in [0.1, 0.15) is 51.9 Å². The summed E-state index contributed by atoms with van der Waals surface area (Å²) >= 11 is 0. The second-order valence-electron chi connectivity index (χ2n) is 3.85. The van der Waals surface area contributed by atoms with Crippen molar-refractivity contribution in [1.82, 2.24) is 0 Å². The fourth-order valence-electron chi connectivity index (χ4n) is 1.25. The molecule has 0 saturated carbocycles. The third-order valence-corrected chi connectivity index (χ3v) is 3.12. The van der Waals surface area contributed by atoms with Gasteiger partial charge in [0.25, 0.3) is 0 Å². The summed E-state index contributed by atoms with van der Waals surface area (Å²) in [6.07, 6.45) is 9.71. The van der Waals surface area contributed by atoms with E-state index in [9.17, 15) is 9.00 Å². The number of unbranched alkanes of at least 4 members (excludes halogenated alkanes) is 4. The number of carboxylic acid groups (broad SMARTS) is 1. The lowest BCUT2D eigenvalue weighted by molar-refractivity contribution is -0.137. The monoisotopic (exact) mass is 258 g/mol. The second kappa shape index (κ2) is 11.6. The molecule has 0 rings (SSSR count). The van der Waals surface area contributed by atoms with Crippen LogP contribution in [0.4, 0.5) is 0 Å². The number of carbonyl (C=O) groups is 1. The molecule has 0 heterocycles. The van der Waals surface area contributed by atoms with Crippen LogP contribution in [0.3, 0.4) is 0 Å². The van der Waals surface area contributed by atoms with E-state index in [1.165, 1.54) is 12.8 Å². The number of aliphatic carboxylic acids is 1. The maximum absolute atomic E-state index is 11.4. The minimum Gasteiger partial charge on any atom is -0.481 e. The van der Waals surface area contributed by atoms with E-state index in [1.807, 2.05) is 6.08 Å². The SMILES string of the molecule is CCCCCC=CS(=O)C=CCCCC(=O)O. The Morgan fingerprint density at radius 2 is 1.71 bits per heavy atom. The van der Waals surface area contributed by atoms with E-state index in [0.717, 1.165) is 12.8 Å². The molecule has 0 bridgehead atoms. The molecule has 0 aliphatic rings. The Kier molecular flexibility index (Phi) is 11.0. The number of hydrogen-bond acceptors (Lipinski definition) is 2. The summed E-state index contributed by atoms with van der Waals surface area (Å²) in [5.41, 5.74) is 0. The van der Waals surface area contributed by atoms with E-state index in [0.29, 0.717) is 12.8 Å². The lowest BCUT2D eigenvalue weighted by Crippen LogP contribution is -1.92. The summed E-state index contributed by atoms with van der Waals surface area (Å²) in [5, 5.41) is 11.7. The first-order valence-electron chi connectivity index (χ1n) is 6.11. The van der Waals surface area contributed by atoms with Crippen molar-refractivity contribution in [3.63, 3.8) is 0 Å². The molecule has 3 nitrogen and oxygen atoms in total. The first kappa shape index (κ1) is 16.1. The smallest absolute Gasteiger partial charge is 0.303 e. The van der Waals surface area contributed by atoms with Crippen molar-refractivity contribution < 1.29 is 14.1 Å². The van der Waals surface area contributed by atoms with Gasteiger partial charge in [0.15, 0.2) is 0 Å². The molecule has 17 heavy (non-hydrogen) atoms. The quantitative estimate of drug-likeness (QED) is 0.609. The van der Waals surface area contributed by atoms with Crippen LogP contribution in [0.15, 0.2) is 23.0 Å². The molecule has 1 atom stereocenters. The number of rotatable bonds is 10. The van der Waals surface area contributed by atoms with Crippen molar-refractivity contribution in [2.45, 2.75) is 51.9 Å². The molecule has 0 aromatic rings.